The average Bonchev–Trinajstić information content (AvgIpc) is 2.77. The van der Waals surface area contributed by atoms with Crippen LogP contribution >= 0.6 is 0 Å². The van der Waals surface area contributed by atoms with Crippen molar-refractivity contribution < 1.29 is 14.6 Å². The summed E-state index contributed by atoms with van der Waals surface area (Å²) >= 11 is 0. The monoisotopic (exact) mass is 237 g/mol. The minimum absolute atomic E-state index is 0.274. The Labute approximate surface area is 99.2 Å². The molecule has 6 nitrogen and oxygen atoms in total. The van der Waals surface area contributed by atoms with Crippen LogP contribution in [0.2, 0.25) is 0 Å². The first-order valence-electron chi connectivity index (χ1n) is 5.51. The predicted octanol–water partition coefficient (Wildman–Crippen LogP) is 0.847. The molecule has 0 bridgehead atoms. The summed E-state index contributed by atoms with van der Waals surface area (Å²) in [5.74, 6) is -0.183. The van der Waals surface area contributed by atoms with Gasteiger partial charge in [0.05, 0.1) is 7.11 Å². The quantitative estimate of drug-likeness (QED) is 0.839. The number of hydrogen-bond acceptors (Lipinski definition) is 5. The maximum absolute atomic E-state index is 11.1. The van der Waals surface area contributed by atoms with Crippen LogP contribution in [0.4, 0.5) is 5.82 Å². The molecule has 1 atom stereocenters. The molecule has 0 saturated carbocycles. The third-order valence-corrected chi connectivity index (χ3v) is 2.83. The molecule has 0 spiro atoms. The molecule has 0 aliphatic carbocycles. The molecule has 2 rings (SSSR count). The molecule has 1 unspecified atom stereocenters. The molecule has 6 heteroatoms. The zero-order valence-electron chi connectivity index (χ0n) is 9.88. The zero-order chi connectivity index (χ0) is 12.4. The molecule has 1 saturated heterocycles. The zero-order valence-corrected chi connectivity index (χ0v) is 9.88. The number of carbonyl (C=O) groups is 1. The van der Waals surface area contributed by atoms with E-state index in [1.807, 2.05) is 6.92 Å². The first kappa shape index (κ1) is 11.6. The van der Waals surface area contributed by atoms with E-state index in [1.165, 1.54) is 7.11 Å². The van der Waals surface area contributed by atoms with Crippen LogP contribution < -0.4 is 9.64 Å². The Kier molecular flexibility index (Phi) is 3.12. The molecule has 1 aromatic rings. The van der Waals surface area contributed by atoms with E-state index in [0.29, 0.717) is 18.8 Å². The van der Waals surface area contributed by atoms with Gasteiger partial charge in [-0.15, -0.1) is 0 Å². The average molecular weight is 237 g/mol. The van der Waals surface area contributed by atoms with E-state index in [4.69, 9.17) is 9.84 Å². The maximum Gasteiger partial charge on any atom is 0.326 e. The van der Waals surface area contributed by atoms with Gasteiger partial charge in [-0.3, -0.25) is 0 Å². The Hall–Kier alpha value is -1.85. The number of ether oxygens (including phenoxy) is 1. The van der Waals surface area contributed by atoms with Crippen LogP contribution in [-0.4, -0.2) is 40.7 Å². The number of hydrogen-bond donors (Lipinski definition) is 1. The van der Waals surface area contributed by atoms with Crippen LogP contribution in [0.15, 0.2) is 6.07 Å². The largest absolute Gasteiger partial charge is 0.480 e. The van der Waals surface area contributed by atoms with Crippen molar-refractivity contribution in [1.82, 2.24) is 9.97 Å². The summed E-state index contributed by atoms with van der Waals surface area (Å²) < 4.78 is 4.99. The second-order valence-corrected chi connectivity index (χ2v) is 4.04. The number of aromatic nitrogens is 2. The van der Waals surface area contributed by atoms with E-state index in [0.717, 1.165) is 12.1 Å². The van der Waals surface area contributed by atoms with Crippen molar-refractivity contribution in [3.8, 4) is 6.01 Å². The van der Waals surface area contributed by atoms with Gasteiger partial charge in [-0.2, -0.15) is 4.98 Å². The molecule has 0 amide bonds. The van der Waals surface area contributed by atoms with Gasteiger partial charge in [0, 0.05) is 18.3 Å². The second kappa shape index (κ2) is 4.57. The van der Waals surface area contributed by atoms with Crippen LogP contribution in [0.5, 0.6) is 6.01 Å². The number of aliphatic carboxylic acids is 1. The maximum atomic E-state index is 11.1. The van der Waals surface area contributed by atoms with Crippen LogP contribution in [0.1, 0.15) is 18.5 Å². The fourth-order valence-electron chi connectivity index (χ4n) is 2.06. The Bertz CT molecular complexity index is 436. The van der Waals surface area contributed by atoms with Crippen LogP contribution in [0, 0.1) is 6.92 Å². The van der Waals surface area contributed by atoms with Gasteiger partial charge in [0.25, 0.3) is 0 Å². The van der Waals surface area contributed by atoms with Gasteiger partial charge in [-0.25, -0.2) is 9.78 Å². The Morgan fingerprint density at radius 3 is 3.00 bits per heavy atom. The van der Waals surface area contributed by atoms with Crippen molar-refractivity contribution in [3.63, 3.8) is 0 Å². The molecule has 1 fully saturated rings. The SMILES string of the molecule is COc1nc(C)cc(N2CCCC2C(=O)O)n1. The molecule has 1 aromatic heterocycles. The number of methoxy groups -OCH3 is 1. The summed E-state index contributed by atoms with van der Waals surface area (Å²) in [7, 11) is 1.50. The summed E-state index contributed by atoms with van der Waals surface area (Å²) in [6.45, 7) is 2.54. The van der Waals surface area contributed by atoms with Crippen molar-refractivity contribution in [2.45, 2.75) is 25.8 Å². The molecular weight excluding hydrogens is 222 g/mol. The predicted molar refractivity (Wildman–Crippen MR) is 61.3 cm³/mol. The van der Waals surface area contributed by atoms with Crippen LogP contribution in [-0.2, 0) is 4.79 Å². The summed E-state index contributed by atoms with van der Waals surface area (Å²) in [5, 5.41) is 9.12. The number of nitrogens with zero attached hydrogens (tertiary/aromatic N) is 3. The van der Waals surface area contributed by atoms with Gasteiger partial charge < -0.3 is 14.7 Å². The lowest BCUT2D eigenvalue weighted by atomic mass is 10.2. The van der Waals surface area contributed by atoms with Crippen molar-refractivity contribution in [2.24, 2.45) is 0 Å². The molecule has 92 valence electrons. The lowest BCUT2D eigenvalue weighted by Crippen LogP contribution is -2.36. The lowest BCUT2D eigenvalue weighted by molar-refractivity contribution is -0.138. The van der Waals surface area contributed by atoms with Crippen molar-refractivity contribution in [3.05, 3.63) is 11.8 Å². The molecular formula is C11H15N3O3. The van der Waals surface area contributed by atoms with Gasteiger partial charge in [0.15, 0.2) is 0 Å². The summed E-state index contributed by atoms with van der Waals surface area (Å²) in [6.07, 6.45) is 1.52. The van der Waals surface area contributed by atoms with E-state index in [-0.39, 0.29) is 6.01 Å². The number of anilines is 1. The van der Waals surface area contributed by atoms with Crippen LogP contribution in [0.3, 0.4) is 0 Å². The third-order valence-electron chi connectivity index (χ3n) is 2.83. The van der Waals surface area contributed by atoms with Crippen molar-refractivity contribution in [1.29, 1.82) is 0 Å². The van der Waals surface area contributed by atoms with E-state index in [1.54, 1.807) is 11.0 Å². The number of aryl methyl sites for hydroxylation is 1. The van der Waals surface area contributed by atoms with Gasteiger partial charge in [0.2, 0.25) is 0 Å². The fraction of sp³-hybridized carbons (Fsp3) is 0.545. The topological polar surface area (TPSA) is 75.5 Å². The Morgan fingerprint density at radius 1 is 1.59 bits per heavy atom. The summed E-state index contributed by atoms with van der Waals surface area (Å²) in [5.41, 5.74) is 0.767. The minimum Gasteiger partial charge on any atom is -0.480 e. The Morgan fingerprint density at radius 2 is 2.35 bits per heavy atom. The van der Waals surface area contributed by atoms with Crippen molar-refractivity contribution >= 4 is 11.8 Å². The second-order valence-electron chi connectivity index (χ2n) is 4.04. The van der Waals surface area contributed by atoms with Crippen LogP contribution in [0.25, 0.3) is 0 Å². The van der Waals surface area contributed by atoms with Crippen molar-refractivity contribution in [2.75, 3.05) is 18.6 Å². The molecule has 2 heterocycles. The smallest absolute Gasteiger partial charge is 0.326 e. The van der Waals surface area contributed by atoms with Gasteiger partial charge in [-0.05, 0) is 19.8 Å². The molecule has 1 aliphatic rings. The minimum atomic E-state index is -0.808. The number of carboxylic acids is 1. The first-order valence-corrected chi connectivity index (χ1v) is 5.51. The van der Waals surface area contributed by atoms with E-state index >= 15 is 0 Å². The van der Waals surface area contributed by atoms with Gasteiger partial charge in [0.1, 0.15) is 11.9 Å². The molecule has 1 N–H and O–H groups in total. The highest BCUT2D eigenvalue weighted by Crippen LogP contribution is 2.25. The number of carboxylic acid groups (broad SMARTS) is 1. The van der Waals surface area contributed by atoms with E-state index in [9.17, 15) is 4.79 Å². The van der Waals surface area contributed by atoms with Gasteiger partial charge in [-0.1, -0.05) is 0 Å². The molecule has 1 aliphatic heterocycles. The van der Waals surface area contributed by atoms with Gasteiger partial charge >= 0.3 is 12.0 Å². The lowest BCUT2D eigenvalue weighted by Gasteiger charge is -2.22. The highest BCUT2D eigenvalue weighted by Gasteiger charge is 2.31. The highest BCUT2D eigenvalue weighted by molar-refractivity contribution is 5.78. The van der Waals surface area contributed by atoms with E-state index in [2.05, 4.69) is 9.97 Å². The normalized spacial score (nSPS) is 19.4. The fourth-order valence-corrected chi connectivity index (χ4v) is 2.06. The Balaban J connectivity index is 2.32. The third kappa shape index (κ3) is 2.30. The molecule has 0 radical (unpaired) electrons. The highest BCUT2D eigenvalue weighted by atomic mass is 16.5. The first-order chi connectivity index (χ1) is 8.11. The molecule has 17 heavy (non-hydrogen) atoms. The molecule has 0 aromatic carbocycles. The standard InChI is InChI=1S/C11H15N3O3/c1-7-6-9(13-11(12-7)17-2)14-5-3-4-8(14)10(15)16/h6,8H,3-5H2,1-2H3,(H,15,16). The summed E-state index contributed by atoms with van der Waals surface area (Å²) in [4.78, 5) is 21.2. The number of rotatable bonds is 3. The van der Waals surface area contributed by atoms with E-state index < -0.39 is 12.0 Å². The summed E-state index contributed by atoms with van der Waals surface area (Å²) in [6, 6.07) is 1.56.